The molecule has 4 aromatic rings. The van der Waals surface area contributed by atoms with E-state index < -0.39 is 0 Å². The summed E-state index contributed by atoms with van der Waals surface area (Å²) in [5.74, 6) is -0.387. The molecule has 0 saturated carbocycles. The van der Waals surface area contributed by atoms with Crippen LogP contribution in [0.25, 0.3) is 22.2 Å². The minimum absolute atomic E-state index is 0.0416. The molecule has 1 aliphatic heterocycles. The summed E-state index contributed by atoms with van der Waals surface area (Å²) in [5.41, 5.74) is 5.68. The Bertz CT molecular complexity index is 1280. The van der Waals surface area contributed by atoms with Crippen molar-refractivity contribution >= 4 is 16.8 Å². The summed E-state index contributed by atoms with van der Waals surface area (Å²) < 4.78 is 14.5. The van der Waals surface area contributed by atoms with Crippen molar-refractivity contribution in [1.82, 2.24) is 9.88 Å². The number of carbonyl (C=O) groups is 1. The highest BCUT2D eigenvalue weighted by atomic mass is 19.1. The highest BCUT2D eigenvalue weighted by Crippen LogP contribution is 2.29. The van der Waals surface area contributed by atoms with Gasteiger partial charge in [-0.05, 0) is 54.8 Å². The van der Waals surface area contributed by atoms with Gasteiger partial charge in [0.2, 0.25) is 0 Å². The highest BCUT2D eigenvalue weighted by molar-refractivity contribution is 6.07. The summed E-state index contributed by atoms with van der Waals surface area (Å²) >= 11 is 0. The molecule has 1 aliphatic rings. The number of benzene rings is 3. The molecular weight excluding hydrogens is 375 g/mol. The van der Waals surface area contributed by atoms with E-state index in [0.29, 0.717) is 35.4 Å². The summed E-state index contributed by atoms with van der Waals surface area (Å²) in [6, 6.07) is 22.4. The molecule has 3 aromatic carbocycles. The van der Waals surface area contributed by atoms with E-state index in [0.717, 1.165) is 17.4 Å². The molecule has 0 radical (unpaired) electrons. The number of hydrogen-bond acceptors (Lipinski definition) is 2. The van der Waals surface area contributed by atoms with E-state index in [-0.39, 0.29) is 11.7 Å². The molecule has 30 heavy (non-hydrogen) atoms. The number of amides is 1. The predicted octanol–water partition coefficient (Wildman–Crippen LogP) is 5.55. The van der Waals surface area contributed by atoms with Crippen molar-refractivity contribution in [1.29, 1.82) is 0 Å². The standard InChI is InChI=1S/C26H21FN2O/c1-17-10-11-24-21(14-17)22(15-25(28-24)20-8-4-5-9-23(20)27)26(30)29-13-12-18-6-2-3-7-19(18)16-29/h2-11,14-15H,12-13,16H2,1H3. The summed E-state index contributed by atoms with van der Waals surface area (Å²) in [6.45, 7) is 3.25. The van der Waals surface area contributed by atoms with Crippen LogP contribution < -0.4 is 0 Å². The topological polar surface area (TPSA) is 33.2 Å². The van der Waals surface area contributed by atoms with Crippen molar-refractivity contribution in [3.63, 3.8) is 0 Å². The Hall–Kier alpha value is -3.53. The molecular formula is C26H21FN2O. The van der Waals surface area contributed by atoms with E-state index in [4.69, 9.17) is 0 Å². The molecule has 3 nitrogen and oxygen atoms in total. The lowest BCUT2D eigenvalue weighted by atomic mass is 9.97. The van der Waals surface area contributed by atoms with Gasteiger partial charge in [0, 0.05) is 24.0 Å². The van der Waals surface area contributed by atoms with Crippen molar-refractivity contribution < 1.29 is 9.18 Å². The second kappa shape index (κ2) is 7.38. The van der Waals surface area contributed by atoms with E-state index in [1.54, 1.807) is 24.3 Å². The van der Waals surface area contributed by atoms with Crippen LogP contribution in [-0.4, -0.2) is 22.3 Å². The fraction of sp³-hybridized carbons (Fsp3) is 0.154. The minimum Gasteiger partial charge on any atom is -0.334 e. The Morgan fingerprint density at radius 3 is 2.57 bits per heavy atom. The highest BCUT2D eigenvalue weighted by Gasteiger charge is 2.24. The van der Waals surface area contributed by atoms with E-state index in [9.17, 15) is 9.18 Å². The first-order chi connectivity index (χ1) is 14.6. The Morgan fingerprint density at radius 2 is 1.73 bits per heavy atom. The van der Waals surface area contributed by atoms with Crippen LogP contribution >= 0.6 is 0 Å². The first-order valence-electron chi connectivity index (χ1n) is 10.1. The second-order valence-electron chi connectivity index (χ2n) is 7.80. The maximum Gasteiger partial charge on any atom is 0.254 e. The lowest BCUT2D eigenvalue weighted by Crippen LogP contribution is -2.36. The van der Waals surface area contributed by atoms with Gasteiger partial charge in [0.15, 0.2) is 0 Å². The number of rotatable bonds is 2. The first kappa shape index (κ1) is 18.5. The summed E-state index contributed by atoms with van der Waals surface area (Å²) in [7, 11) is 0. The number of hydrogen-bond donors (Lipinski definition) is 0. The van der Waals surface area contributed by atoms with Crippen LogP contribution in [0.2, 0.25) is 0 Å². The van der Waals surface area contributed by atoms with E-state index >= 15 is 0 Å². The molecule has 5 rings (SSSR count). The molecule has 1 amide bonds. The largest absolute Gasteiger partial charge is 0.334 e. The van der Waals surface area contributed by atoms with Gasteiger partial charge in [-0.1, -0.05) is 48.0 Å². The molecule has 148 valence electrons. The molecule has 0 aliphatic carbocycles. The number of halogens is 1. The average molecular weight is 396 g/mol. The lowest BCUT2D eigenvalue weighted by molar-refractivity contribution is 0.0736. The van der Waals surface area contributed by atoms with Gasteiger partial charge in [-0.25, -0.2) is 9.37 Å². The monoisotopic (exact) mass is 396 g/mol. The second-order valence-corrected chi connectivity index (χ2v) is 7.80. The van der Waals surface area contributed by atoms with Crippen LogP contribution in [0.3, 0.4) is 0 Å². The van der Waals surface area contributed by atoms with Gasteiger partial charge in [-0.15, -0.1) is 0 Å². The van der Waals surface area contributed by atoms with E-state index in [1.165, 1.54) is 17.2 Å². The zero-order valence-electron chi connectivity index (χ0n) is 16.7. The van der Waals surface area contributed by atoms with Crippen molar-refractivity contribution in [2.45, 2.75) is 19.9 Å². The zero-order chi connectivity index (χ0) is 20.7. The van der Waals surface area contributed by atoms with Crippen LogP contribution in [0, 0.1) is 12.7 Å². The SMILES string of the molecule is Cc1ccc2nc(-c3ccccc3F)cc(C(=O)N3CCc4ccccc4C3)c2c1. The number of nitrogens with zero attached hydrogens (tertiary/aromatic N) is 2. The zero-order valence-corrected chi connectivity index (χ0v) is 16.7. The van der Waals surface area contributed by atoms with Crippen LogP contribution in [0.1, 0.15) is 27.0 Å². The Labute approximate surface area is 174 Å². The number of pyridine rings is 1. The third kappa shape index (κ3) is 3.24. The summed E-state index contributed by atoms with van der Waals surface area (Å²) in [6.07, 6.45) is 0.837. The van der Waals surface area contributed by atoms with Crippen molar-refractivity contribution in [3.8, 4) is 11.3 Å². The Morgan fingerprint density at radius 1 is 0.967 bits per heavy atom. The van der Waals surface area contributed by atoms with Crippen LogP contribution in [0.5, 0.6) is 0 Å². The van der Waals surface area contributed by atoms with Crippen LogP contribution in [0.4, 0.5) is 4.39 Å². The van der Waals surface area contributed by atoms with Gasteiger partial charge in [-0.3, -0.25) is 4.79 Å². The molecule has 0 saturated heterocycles. The first-order valence-corrected chi connectivity index (χ1v) is 10.1. The lowest BCUT2D eigenvalue weighted by Gasteiger charge is -2.29. The molecule has 0 atom stereocenters. The van der Waals surface area contributed by atoms with Gasteiger partial charge < -0.3 is 4.90 Å². The Kier molecular flexibility index (Phi) is 4.55. The normalized spacial score (nSPS) is 13.3. The van der Waals surface area contributed by atoms with Crippen LogP contribution in [-0.2, 0) is 13.0 Å². The maximum absolute atomic E-state index is 14.5. The van der Waals surface area contributed by atoms with Gasteiger partial charge in [-0.2, -0.15) is 0 Å². The quantitative estimate of drug-likeness (QED) is 0.445. The molecule has 1 aromatic heterocycles. The molecule has 0 fully saturated rings. The van der Waals surface area contributed by atoms with Gasteiger partial charge >= 0.3 is 0 Å². The van der Waals surface area contributed by atoms with Gasteiger partial charge in [0.25, 0.3) is 5.91 Å². The molecule has 0 spiro atoms. The maximum atomic E-state index is 14.5. The number of aromatic nitrogens is 1. The van der Waals surface area contributed by atoms with Crippen molar-refractivity contribution in [2.75, 3.05) is 6.54 Å². The summed E-state index contributed by atoms with van der Waals surface area (Å²) in [5, 5.41) is 0.805. The fourth-order valence-corrected chi connectivity index (χ4v) is 4.16. The van der Waals surface area contributed by atoms with E-state index in [1.807, 2.05) is 42.2 Å². The molecule has 2 heterocycles. The molecule has 0 unspecified atom stereocenters. The van der Waals surface area contributed by atoms with E-state index in [2.05, 4.69) is 17.1 Å². The molecule has 4 heteroatoms. The Balaban J connectivity index is 1.63. The number of aryl methyl sites for hydroxylation is 1. The van der Waals surface area contributed by atoms with Crippen molar-refractivity contribution in [2.24, 2.45) is 0 Å². The third-order valence-electron chi connectivity index (χ3n) is 5.76. The number of carbonyl (C=O) groups excluding carboxylic acids is 1. The fourth-order valence-electron chi connectivity index (χ4n) is 4.16. The minimum atomic E-state index is -0.346. The number of fused-ring (bicyclic) bond motifs is 2. The predicted molar refractivity (Wildman–Crippen MR) is 117 cm³/mol. The molecule has 0 bridgehead atoms. The van der Waals surface area contributed by atoms with Crippen molar-refractivity contribution in [3.05, 3.63) is 101 Å². The third-order valence-corrected chi connectivity index (χ3v) is 5.76. The van der Waals surface area contributed by atoms with Crippen LogP contribution in [0.15, 0.2) is 72.8 Å². The smallest absolute Gasteiger partial charge is 0.254 e. The summed E-state index contributed by atoms with van der Waals surface area (Å²) in [4.78, 5) is 20.1. The average Bonchev–Trinajstić information content (AvgIpc) is 2.78. The van der Waals surface area contributed by atoms with Gasteiger partial charge in [0.1, 0.15) is 5.82 Å². The molecule has 0 N–H and O–H groups in total. The van der Waals surface area contributed by atoms with Gasteiger partial charge in [0.05, 0.1) is 16.8 Å².